The average Bonchev–Trinajstić information content (AvgIpc) is 2.36. The lowest BCUT2D eigenvalue weighted by Crippen LogP contribution is -2.29. The summed E-state index contributed by atoms with van der Waals surface area (Å²) in [5.41, 5.74) is 0.970. The first kappa shape index (κ1) is 10.2. The topological polar surface area (TPSA) is 37.4 Å². The lowest BCUT2D eigenvalue weighted by atomic mass is 10.1. The zero-order valence-corrected chi connectivity index (χ0v) is 8.04. The fourth-order valence-electron chi connectivity index (χ4n) is 1.30. The molecule has 1 aliphatic heterocycles. The van der Waals surface area contributed by atoms with Crippen molar-refractivity contribution >= 4 is 11.8 Å². The molecule has 0 unspecified atom stereocenters. The second-order valence-corrected chi connectivity index (χ2v) is 2.92. The Morgan fingerprint density at radius 1 is 1.14 bits per heavy atom. The molecule has 0 fully saturated rings. The minimum Gasteiger partial charge on any atom is -0.268 e. The van der Waals surface area contributed by atoms with E-state index in [0.29, 0.717) is 5.70 Å². The second-order valence-electron chi connectivity index (χ2n) is 2.92. The summed E-state index contributed by atoms with van der Waals surface area (Å²) in [4.78, 5) is 24.3. The molecule has 2 amide bonds. The number of carbonyl (C=O) groups is 2. The number of amides is 2. The molecule has 0 bridgehead atoms. The summed E-state index contributed by atoms with van der Waals surface area (Å²) in [5.74, 6) is -0.764. The zero-order chi connectivity index (χ0) is 10.9. The van der Waals surface area contributed by atoms with Crippen molar-refractivity contribution in [3.63, 3.8) is 0 Å². The highest BCUT2D eigenvalue weighted by molar-refractivity contribution is 6.22. The molecule has 0 N–H and O–H groups in total. The van der Waals surface area contributed by atoms with E-state index in [1.54, 1.807) is 6.92 Å². The molecule has 0 aromatic carbocycles. The highest BCUT2D eigenvalue weighted by Gasteiger charge is 2.35. The molecule has 0 spiro atoms. The van der Waals surface area contributed by atoms with Crippen molar-refractivity contribution in [2.45, 2.75) is 6.92 Å². The van der Waals surface area contributed by atoms with Gasteiger partial charge < -0.3 is 0 Å². The molecule has 3 heteroatoms. The maximum atomic E-state index is 11.6. The van der Waals surface area contributed by atoms with Crippen LogP contribution in [-0.2, 0) is 9.59 Å². The molecule has 0 aromatic heterocycles. The molecule has 1 heterocycles. The van der Waals surface area contributed by atoms with E-state index in [1.165, 1.54) is 12.2 Å². The lowest BCUT2D eigenvalue weighted by Gasteiger charge is -2.13. The normalized spacial score (nSPS) is 16.2. The van der Waals surface area contributed by atoms with Gasteiger partial charge in [-0.15, -0.1) is 0 Å². The van der Waals surface area contributed by atoms with Crippen molar-refractivity contribution in [1.29, 1.82) is 0 Å². The van der Waals surface area contributed by atoms with Gasteiger partial charge in [-0.2, -0.15) is 0 Å². The number of hydrogen-bond donors (Lipinski definition) is 0. The summed E-state index contributed by atoms with van der Waals surface area (Å²) in [6, 6.07) is 0. The fourth-order valence-corrected chi connectivity index (χ4v) is 1.30. The van der Waals surface area contributed by atoms with Crippen LogP contribution in [0.15, 0.2) is 48.7 Å². The number of imide groups is 1. The van der Waals surface area contributed by atoms with Gasteiger partial charge in [0.25, 0.3) is 11.8 Å². The third kappa shape index (κ3) is 1.23. The SMILES string of the molecule is C=CC1=C(C=C)C(=O)N(C(=C)C)C1=O. The number of rotatable bonds is 3. The van der Waals surface area contributed by atoms with Crippen LogP contribution in [0.1, 0.15) is 6.92 Å². The van der Waals surface area contributed by atoms with Crippen LogP contribution in [0.4, 0.5) is 0 Å². The standard InChI is InChI=1S/C11H11NO2/c1-5-8-9(6-2)11(14)12(7(3)4)10(8)13/h5-6H,1-3H2,4H3. The van der Waals surface area contributed by atoms with Crippen LogP contribution in [0.5, 0.6) is 0 Å². The average molecular weight is 189 g/mol. The van der Waals surface area contributed by atoms with Gasteiger partial charge in [0.15, 0.2) is 0 Å². The molecule has 72 valence electrons. The summed E-state index contributed by atoms with van der Waals surface area (Å²) in [7, 11) is 0. The molecular weight excluding hydrogens is 178 g/mol. The van der Waals surface area contributed by atoms with E-state index in [0.717, 1.165) is 4.90 Å². The molecular formula is C11H11NO2. The Kier molecular flexibility index (Phi) is 2.51. The Bertz CT molecular complexity index is 358. The van der Waals surface area contributed by atoms with E-state index >= 15 is 0 Å². The number of carbonyl (C=O) groups excluding carboxylic acids is 2. The van der Waals surface area contributed by atoms with Gasteiger partial charge in [0.05, 0.1) is 11.1 Å². The molecule has 1 rings (SSSR count). The smallest absolute Gasteiger partial charge is 0.265 e. The Balaban J connectivity index is 3.28. The lowest BCUT2D eigenvalue weighted by molar-refractivity contribution is -0.134. The van der Waals surface area contributed by atoms with Crippen molar-refractivity contribution < 1.29 is 9.59 Å². The first-order chi connectivity index (χ1) is 6.54. The molecule has 0 radical (unpaired) electrons. The number of nitrogens with zero attached hydrogens (tertiary/aromatic N) is 1. The van der Waals surface area contributed by atoms with E-state index in [1.807, 2.05) is 0 Å². The molecule has 1 aliphatic rings. The number of allylic oxidation sites excluding steroid dienone is 1. The highest BCUT2D eigenvalue weighted by Crippen LogP contribution is 2.24. The minimum atomic E-state index is -0.382. The van der Waals surface area contributed by atoms with Gasteiger partial charge in [0, 0.05) is 5.70 Å². The van der Waals surface area contributed by atoms with E-state index < -0.39 is 0 Å². The van der Waals surface area contributed by atoms with Crippen molar-refractivity contribution in [2.24, 2.45) is 0 Å². The van der Waals surface area contributed by atoms with Crippen LogP contribution in [-0.4, -0.2) is 16.7 Å². The molecule has 14 heavy (non-hydrogen) atoms. The number of hydrogen-bond acceptors (Lipinski definition) is 2. The van der Waals surface area contributed by atoms with Crippen molar-refractivity contribution in [3.05, 3.63) is 48.7 Å². The van der Waals surface area contributed by atoms with E-state index in [9.17, 15) is 9.59 Å². The van der Waals surface area contributed by atoms with Crippen LogP contribution in [0.3, 0.4) is 0 Å². The zero-order valence-electron chi connectivity index (χ0n) is 8.04. The quantitative estimate of drug-likeness (QED) is 0.632. The maximum Gasteiger partial charge on any atom is 0.265 e. The molecule has 0 saturated heterocycles. The second kappa shape index (κ2) is 3.46. The minimum absolute atomic E-state index is 0.285. The molecule has 3 nitrogen and oxygen atoms in total. The van der Waals surface area contributed by atoms with Gasteiger partial charge >= 0.3 is 0 Å². The Labute approximate surface area is 82.7 Å². The first-order valence-corrected chi connectivity index (χ1v) is 4.08. The monoisotopic (exact) mass is 189 g/mol. The van der Waals surface area contributed by atoms with Gasteiger partial charge in [0.1, 0.15) is 0 Å². The third-order valence-electron chi connectivity index (χ3n) is 1.95. The highest BCUT2D eigenvalue weighted by atomic mass is 16.2. The van der Waals surface area contributed by atoms with Gasteiger partial charge in [-0.25, -0.2) is 4.90 Å². The summed E-state index contributed by atoms with van der Waals surface area (Å²) in [6.45, 7) is 12.1. The fraction of sp³-hybridized carbons (Fsp3) is 0.0909. The van der Waals surface area contributed by atoms with E-state index in [2.05, 4.69) is 19.7 Å². The van der Waals surface area contributed by atoms with Crippen LogP contribution < -0.4 is 0 Å². The summed E-state index contributed by atoms with van der Waals surface area (Å²) in [5, 5.41) is 0. The van der Waals surface area contributed by atoms with Gasteiger partial charge in [0.2, 0.25) is 0 Å². The maximum absolute atomic E-state index is 11.6. The summed E-state index contributed by atoms with van der Waals surface area (Å²) < 4.78 is 0. The molecule has 0 aromatic rings. The molecule has 0 saturated carbocycles. The van der Waals surface area contributed by atoms with Crippen molar-refractivity contribution in [2.75, 3.05) is 0 Å². The van der Waals surface area contributed by atoms with Crippen LogP contribution in [0.2, 0.25) is 0 Å². The van der Waals surface area contributed by atoms with Crippen LogP contribution in [0.25, 0.3) is 0 Å². The van der Waals surface area contributed by atoms with Crippen molar-refractivity contribution in [3.8, 4) is 0 Å². The summed E-state index contributed by atoms with van der Waals surface area (Å²) >= 11 is 0. The Morgan fingerprint density at radius 3 is 1.71 bits per heavy atom. The van der Waals surface area contributed by atoms with Gasteiger partial charge in [-0.1, -0.05) is 31.9 Å². The van der Waals surface area contributed by atoms with E-state index in [-0.39, 0.29) is 23.0 Å². The van der Waals surface area contributed by atoms with Crippen LogP contribution in [0, 0.1) is 0 Å². The first-order valence-electron chi connectivity index (χ1n) is 4.08. The predicted molar refractivity (Wildman–Crippen MR) is 54.1 cm³/mol. The van der Waals surface area contributed by atoms with Gasteiger partial charge in [-0.3, -0.25) is 9.59 Å². The predicted octanol–water partition coefficient (Wildman–Crippen LogP) is 1.56. The molecule has 0 atom stereocenters. The Hall–Kier alpha value is -1.90. The molecule has 0 aliphatic carbocycles. The van der Waals surface area contributed by atoms with Crippen LogP contribution >= 0.6 is 0 Å². The summed E-state index contributed by atoms with van der Waals surface area (Å²) in [6.07, 6.45) is 2.72. The largest absolute Gasteiger partial charge is 0.268 e. The Morgan fingerprint density at radius 2 is 1.50 bits per heavy atom. The van der Waals surface area contributed by atoms with Gasteiger partial charge in [-0.05, 0) is 6.92 Å². The van der Waals surface area contributed by atoms with Crippen molar-refractivity contribution in [1.82, 2.24) is 4.90 Å². The third-order valence-corrected chi connectivity index (χ3v) is 1.95. The van der Waals surface area contributed by atoms with E-state index in [4.69, 9.17) is 0 Å².